The minimum atomic E-state index is 0.250. The number of rotatable bonds is 8. The monoisotopic (exact) mass is 429 g/mol. The molecule has 0 heterocycles. The fourth-order valence-electron chi connectivity index (χ4n) is 2.18. The van der Waals surface area contributed by atoms with E-state index in [0.717, 1.165) is 15.6 Å². The highest BCUT2D eigenvalue weighted by molar-refractivity contribution is 9.10. The average Bonchev–Trinajstić information content (AvgIpc) is 2.56. The molecular weight excluding hydrogens is 413 g/mol. The number of halogens is 3. The molecule has 0 saturated carbocycles. The van der Waals surface area contributed by atoms with Gasteiger partial charge in [0.15, 0.2) is 11.5 Å². The minimum absolute atomic E-state index is 0.250. The van der Waals surface area contributed by atoms with E-state index in [1.807, 2.05) is 12.1 Å². The normalized spacial score (nSPS) is 10.5. The number of hydrogen-bond donors (Lipinski definition) is 1. The largest absolute Gasteiger partial charge is 0.493 e. The highest BCUT2D eigenvalue weighted by atomic mass is 79.9. The van der Waals surface area contributed by atoms with E-state index < -0.39 is 0 Å². The van der Waals surface area contributed by atoms with Gasteiger partial charge in [-0.1, -0.05) is 51.3 Å². The number of ether oxygens (including phenoxy) is 2. The molecule has 0 saturated heterocycles. The molecule has 0 aromatic heterocycles. The lowest BCUT2D eigenvalue weighted by molar-refractivity contribution is 0.280. The molecule has 0 spiro atoms. The molecule has 0 atom stereocenters. The second-order valence-corrected chi connectivity index (χ2v) is 6.63. The lowest BCUT2D eigenvalue weighted by Crippen LogP contribution is -2.14. The summed E-state index contributed by atoms with van der Waals surface area (Å²) in [5.41, 5.74) is 1.70. The number of methoxy groups -OCH3 is 1. The topological polar surface area (TPSA) is 30.5 Å². The van der Waals surface area contributed by atoms with Crippen molar-refractivity contribution < 1.29 is 9.47 Å². The van der Waals surface area contributed by atoms with Gasteiger partial charge in [-0.2, -0.15) is 0 Å². The Morgan fingerprint density at radius 2 is 1.88 bits per heavy atom. The van der Waals surface area contributed by atoms with Crippen molar-refractivity contribution in [1.29, 1.82) is 0 Å². The van der Waals surface area contributed by atoms with E-state index in [-0.39, 0.29) is 6.61 Å². The summed E-state index contributed by atoms with van der Waals surface area (Å²) >= 11 is 16.0. The van der Waals surface area contributed by atoms with Crippen molar-refractivity contribution in [3.8, 4) is 11.5 Å². The molecule has 0 aliphatic carbocycles. The lowest BCUT2D eigenvalue weighted by atomic mass is 10.1. The standard InChI is InChI=1S/C18H18BrCl2NO2/c1-3-9-22-10-12-14(19)7-8-17(23-2)18(12)24-11-13-15(20)5-4-6-16(13)21/h3-8,22H,1,9-11H2,2H3. The Morgan fingerprint density at radius 3 is 2.50 bits per heavy atom. The van der Waals surface area contributed by atoms with Crippen LogP contribution in [0.4, 0.5) is 0 Å². The van der Waals surface area contributed by atoms with Crippen LogP contribution in [0.1, 0.15) is 11.1 Å². The van der Waals surface area contributed by atoms with Gasteiger partial charge < -0.3 is 14.8 Å². The zero-order valence-electron chi connectivity index (χ0n) is 13.2. The van der Waals surface area contributed by atoms with Crippen LogP contribution < -0.4 is 14.8 Å². The molecule has 6 heteroatoms. The van der Waals surface area contributed by atoms with Gasteiger partial charge in [0, 0.05) is 38.7 Å². The Balaban J connectivity index is 2.30. The van der Waals surface area contributed by atoms with Crippen LogP contribution in [0.15, 0.2) is 47.5 Å². The zero-order valence-corrected chi connectivity index (χ0v) is 16.3. The summed E-state index contributed by atoms with van der Waals surface area (Å²) in [5, 5.41) is 4.41. The first-order chi connectivity index (χ1) is 11.6. The van der Waals surface area contributed by atoms with Gasteiger partial charge in [-0.25, -0.2) is 0 Å². The highest BCUT2D eigenvalue weighted by Gasteiger charge is 2.16. The Labute approximate surface area is 160 Å². The van der Waals surface area contributed by atoms with E-state index in [0.29, 0.717) is 34.6 Å². The van der Waals surface area contributed by atoms with Crippen LogP contribution in [0.2, 0.25) is 10.0 Å². The molecule has 128 valence electrons. The Hall–Kier alpha value is -1.20. The smallest absolute Gasteiger partial charge is 0.167 e. The lowest BCUT2D eigenvalue weighted by Gasteiger charge is -2.17. The molecule has 0 aliphatic heterocycles. The van der Waals surface area contributed by atoms with Crippen molar-refractivity contribution in [3.05, 3.63) is 68.6 Å². The minimum Gasteiger partial charge on any atom is -0.493 e. The third-order valence-corrected chi connectivity index (χ3v) is 4.85. The van der Waals surface area contributed by atoms with Gasteiger partial charge in [0.05, 0.1) is 7.11 Å². The van der Waals surface area contributed by atoms with Crippen molar-refractivity contribution in [3.63, 3.8) is 0 Å². The van der Waals surface area contributed by atoms with Crippen molar-refractivity contribution in [1.82, 2.24) is 5.32 Å². The molecule has 3 nitrogen and oxygen atoms in total. The van der Waals surface area contributed by atoms with E-state index in [9.17, 15) is 0 Å². The van der Waals surface area contributed by atoms with Crippen LogP contribution in [-0.2, 0) is 13.2 Å². The van der Waals surface area contributed by atoms with E-state index >= 15 is 0 Å². The van der Waals surface area contributed by atoms with Crippen LogP contribution in [0, 0.1) is 0 Å². The Bertz CT molecular complexity index is 702. The second-order valence-electron chi connectivity index (χ2n) is 4.97. The van der Waals surface area contributed by atoms with E-state index in [4.69, 9.17) is 32.7 Å². The zero-order chi connectivity index (χ0) is 17.5. The molecule has 1 N–H and O–H groups in total. The van der Waals surface area contributed by atoms with Crippen LogP contribution in [-0.4, -0.2) is 13.7 Å². The summed E-state index contributed by atoms with van der Waals surface area (Å²) in [4.78, 5) is 0. The number of nitrogens with one attached hydrogen (secondary N) is 1. The molecule has 0 radical (unpaired) electrons. The molecule has 0 fully saturated rings. The van der Waals surface area contributed by atoms with Crippen LogP contribution in [0.25, 0.3) is 0 Å². The molecular formula is C18H18BrCl2NO2. The first-order valence-electron chi connectivity index (χ1n) is 7.31. The average molecular weight is 431 g/mol. The number of benzene rings is 2. The second kappa shape index (κ2) is 9.33. The van der Waals surface area contributed by atoms with Crippen molar-refractivity contribution >= 4 is 39.1 Å². The number of hydrogen-bond acceptors (Lipinski definition) is 3. The Kier molecular flexibility index (Phi) is 7.43. The first-order valence-corrected chi connectivity index (χ1v) is 8.86. The fourth-order valence-corrected chi connectivity index (χ4v) is 3.14. The van der Waals surface area contributed by atoms with Crippen LogP contribution in [0.3, 0.4) is 0 Å². The van der Waals surface area contributed by atoms with Gasteiger partial charge in [0.25, 0.3) is 0 Å². The fraction of sp³-hybridized carbons (Fsp3) is 0.222. The predicted octanol–water partition coefficient (Wildman–Crippen LogP) is 5.62. The molecule has 2 aromatic carbocycles. The molecule has 2 aromatic rings. The van der Waals surface area contributed by atoms with Gasteiger partial charge in [-0.05, 0) is 24.3 Å². The van der Waals surface area contributed by atoms with E-state index in [1.165, 1.54) is 0 Å². The molecule has 2 rings (SSSR count). The molecule has 0 aliphatic rings. The predicted molar refractivity (Wildman–Crippen MR) is 103 cm³/mol. The maximum absolute atomic E-state index is 6.21. The summed E-state index contributed by atoms with van der Waals surface area (Å²) < 4.78 is 12.4. The molecule has 0 unspecified atom stereocenters. The Morgan fingerprint density at radius 1 is 1.17 bits per heavy atom. The summed E-state index contributed by atoms with van der Waals surface area (Å²) in [6.45, 7) is 5.26. The molecule has 24 heavy (non-hydrogen) atoms. The van der Waals surface area contributed by atoms with Crippen molar-refractivity contribution in [2.75, 3.05) is 13.7 Å². The molecule has 0 amide bonds. The third kappa shape index (κ3) is 4.67. The SMILES string of the molecule is C=CCNCc1c(Br)ccc(OC)c1OCc1c(Cl)cccc1Cl. The summed E-state index contributed by atoms with van der Waals surface area (Å²) in [7, 11) is 1.61. The first kappa shape index (κ1) is 19.1. The summed E-state index contributed by atoms with van der Waals surface area (Å²) in [6, 6.07) is 9.16. The van der Waals surface area contributed by atoms with Gasteiger partial charge in [-0.15, -0.1) is 6.58 Å². The molecule has 0 bridgehead atoms. The maximum atomic E-state index is 6.21. The van der Waals surface area contributed by atoms with Gasteiger partial charge in [0.1, 0.15) is 6.61 Å². The van der Waals surface area contributed by atoms with Crippen molar-refractivity contribution in [2.45, 2.75) is 13.2 Å². The van der Waals surface area contributed by atoms with Crippen molar-refractivity contribution in [2.24, 2.45) is 0 Å². The van der Waals surface area contributed by atoms with E-state index in [1.54, 1.807) is 31.4 Å². The third-order valence-electron chi connectivity index (χ3n) is 3.40. The van der Waals surface area contributed by atoms with Gasteiger partial charge >= 0.3 is 0 Å². The summed E-state index contributed by atoms with van der Waals surface area (Å²) in [6.07, 6.45) is 1.80. The highest BCUT2D eigenvalue weighted by Crippen LogP contribution is 2.37. The van der Waals surface area contributed by atoms with Gasteiger partial charge in [-0.3, -0.25) is 0 Å². The van der Waals surface area contributed by atoms with Crippen LogP contribution in [0.5, 0.6) is 11.5 Å². The van der Waals surface area contributed by atoms with E-state index in [2.05, 4.69) is 27.8 Å². The quantitative estimate of drug-likeness (QED) is 0.435. The maximum Gasteiger partial charge on any atom is 0.167 e. The summed E-state index contributed by atoms with van der Waals surface area (Å²) in [5.74, 6) is 1.30. The van der Waals surface area contributed by atoms with Gasteiger partial charge in [0.2, 0.25) is 0 Å². The van der Waals surface area contributed by atoms with Crippen LogP contribution >= 0.6 is 39.1 Å².